The zero-order valence-corrected chi connectivity index (χ0v) is 17.9. The molecule has 1 N–H and O–H groups in total. The molecule has 3 aromatic carbocycles. The van der Waals surface area contributed by atoms with E-state index in [1.165, 1.54) is 29.2 Å². The third-order valence-electron chi connectivity index (χ3n) is 5.33. The molecule has 0 saturated carbocycles. The number of carbonyl (C=O) groups is 2. The Morgan fingerprint density at radius 3 is 2.03 bits per heavy atom. The first-order valence-corrected chi connectivity index (χ1v) is 10.1. The van der Waals surface area contributed by atoms with E-state index in [0.29, 0.717) is 11.3 Å². The second-order valence-corrected chi connectivity index (χ2v) is 7.99. The van der Waals surface area contributed by atoms with Gasteiger partial charge in [-0.1, -0.05) is 30.3 Å². The number of hydrogen-bond acceptors (Lipinski definition) is 3. The maximum absolute atomic E-state index is 13.5. The molecule has 0 aromatic heterocycles. The van der Waals surface area contributed by atoms with Gasteiger partial charge in [-0.15, -0.1) is 0 Å². The third kappa shape index (κ3) is 3.87. The lowest BCUT2D eigenvalue weighted by molar-refractivity contribution is -0.120. The van der Waals surface area contributed by atoms with Crippen molar-refractivity contribution in [3.05, 3.63) is 100.0 Å². The van der Waals surface area contributed by atoms with E-state index in [0.717, 1.165) is 27.9 Å². The van der Waals surface area contributed by atoms with Crippen LogP contribution in [0.4, 0.5) is 15.8 Å². The summed E-state index contributed by atoms with van der Waals surface area (Å²) in [6.45, 7) is 7.74. The lowest BCUT2D eigenvalue weighted by Crippen LogP contribution is -2.32. The van der Waals surface area contributed by atoms with Crippen LogP contribution in [0.25, 0.3) is 5.57 Å². The highest BCUT2D eigenvalue weighted by molar-refractivity contribution is 6.46. The summed E-state index contributed by atoms with van der Waals surface area (Å²) in [7, 11) is 0. The zero-order valence-electron chi connectivity index (χ0n) is 17.9. The summed E-state index contributed by atoms with van der Waals surface area (Å²) < 4.78 is 13.5. The van der Waals surface area contributed by atoms with Gasteiger partial charge in [0.2, 0.25) is 0 Å². The molecule has 0 radical (unpaired) electrons. The lowest BCUT2D eigenvalue weighted by Gasteiger charge is -2.17. The number of aryl methyl sites for hydroxylation is 4. The second kappa shape index (κ2) is 7.84. The van der Waals surface area contributed by atoms with Crippen molar-refractivity contribution in [1.82, 2.24) is 0 Å². The fraction of sp³-hybridized carbons (Fsp3) is 0.154. The predicted molar refractivity (Wildman–Crippen MR) is 121 cm³/mol. The molecule has 3 aromatic rings. The molecule has 1 heterocycles. The topological polar surface area (TPSA) is 49.4 Å². The molecule has 4 rings (SSSR count). The van der Waals surface area contributed by atoms with Crippen molar-refractivity contribution < 1.29 is 14.0 Å². The van der Waals surface area contributed by atoms with Crippen LogP contribution < -0.4 is 10.2 Å². The SMILES string of the molecule is Cc1cc(C)cc(N2C(=O)C(Nc3cc(C)ccc3C)=C(c3ccc(F)cc3)C2=O)c1. The van der Waals surface area contributed by atoms with Crippen LogP contribution in [-0.2, 0) is 9.59 Å². The van der Waals surface area contributed by atoms with Crippen LogP contribution in [0.5, 0.6) is 0 Å². The highest BCUT2D eigenvalue weighted by atomic mass is 19.1. The number of rotatable bonds is 4. The van der Waals surface area contributed by atoms with Gasteiger partial charge in [0.05, 0.1) is 11.3 Å². The van der Waals surface area contributed by atoms with Gasteiger partial charge in [-0.2, -0.15) is 0 Å². The van der Waals surface area contributed by atoms with Gasteiger partial charge in [0.25, 0.3) is 11.8 Å². The quantitative estimate of drug-likeness (QED) is 0.577. The number of benzene rings is 3. The Hall–Kier alpha value is -3.73. The van der Waals surface area contributed by atoms with Crippen LogP contribution in [0.15, 0.2) is 66.4 Å². The molecule has 4 nitrogen and oxygen atoms in total. The molecule has 0 spiro atoms. The number of anilines is 2. The Morgan fingerprint density at radius 2 is 1.39 bits per heavy atom. The summed E-state index contributed by atoms with van der Waals surface area (Å²) in [5.74, 6) is -1.28. The fourth-order valence-electron chi connectivity index (χ4n) is 3.85. The number of halogens is 1. The van der Waals surface area contributed by atoms with Crippen LogP contribution in [0, 0.1) is 33.5 Å². The molecular weight excluding hydrogens is 391 g/mol. The minimum atomic E-state index is -0.436. The van der Waals surface area contributed by atoms with E-state index >= 15 is 0 Å². The highest BCUT2D eigenvalue weighted by Gasteiger charge is 2.40. The normalized spacial score (nSPS) is 13.9. The van der Waals surface area contributed by atoms with Gasteiger partial charge in [0.1, 0.15) is 11.5 Å². The standard InChI is InChI=1S/C26H23FN2O2/c1-15-5-6-18(4)22(14-15)28-24-23(19-7-9-20(27)10-8-19)25(30)29(26(24)31)21-12-16(2)11-17(3)13-21/h5-14,28H,1-4H3. The number of imide groups is 1. The molecule has 0 saturated heterocycles. The fourth-order valence-corrected chi connectivity index (χ4v) is 3.85. The monoisotopic (exact) mass is 414 g/mol. The number of hydrogen-bond donors (Lipinski definition) is 1. The summed E-state index contributed by atoms with van der Waals surface area (Å²) in [4.78, 5) is 28.2. The number of nitrogens with zero attached hydrogens (tertiary/aromatic N) is 1. The maximum atomic E-state index is 13.5. The Balaban J connectivity index is 1.86. The van der Waals surface area contributed by atoms with Crippen LogP contribution in [0.2, 0.25) is 0 Å². The largest absolute Gasteiger partial charge is 0.350 e. The first kappa shape index (κ1) is 20.5. The van der Waals surface area contributed by atoms with Crippen molar-refractivity contribution in [2.24, 2.45) is 0 Å². The van der Waals surface area contributed by atoms with Gasteiger partial charge < -0.3 is 5.32 Å². The van der Waals surface area contributed by atoms with E-state index in [2.05, 4.69) is 5.32 Å². The average molecular weight is 414 g/mol. The molecule has 0 aliphatic carbocycles. The summed E-state index contributed by atoms with van der Waals surface area (Å²) in [6, 6.07) is 17.1. The summed E-state index contributed by atoms with van der Waals surface area (Å²) in [5, 5.41) is 3.20. The molecule has 1 aliphatic rings. The van der Waals surface area contributed by atoms with Gasteiger partial charge in [-0.05, 0) is 85.8 Å². The lowest BCUT2D eigenvalue weighted by atomic mass is 10.0. The zero-order chi connectivity index (χ0) is 22.3. The third-order valence-corrected chi connectivity index (χ3v) is 5.33. The molecule has 1 aliphatic heterocycles. The van der Waals surface area contributed by atoms with Crippen LogP contribution in [0.3, 0.4) is 0 Å². The predicted octanol–water partition coefficient (Wildman–Crippen LogP) is 5.46. The first-order chi connectivity index (χ1) is 14.7. The second-order valence-electron chi connectivity index (χ2n) is 7.99. The van der Waals surface area contributed by atoms with Gasteiger partial charge in [0.15, 0.2) is 0 Å². The molecule has 0 fully saturated rings. The average Bonchev–Trinajstić information content (AvgIpc) is 2.94. The van der Waals surface area contributed by atoms with Crippen molar-refractivity contribution in [1.29, 1.82) is 0 Å². The molecule has 5 heteroatoms. The Labute approximate surface area is 181 Å². The Kier molecular flexibility index (Phi) is 5.19. The minimum Gasteiger partial charge on any atom is -0.350 e. The van der Waals surface area contributed by atoms with E-state index in [9.17, 15) is 14.0 Å². The van der Waals surface area contributed by atoms with Gasteiger partial charge in [-0.3, -0.25) is 9.59 Å². The van der Waals surface area contributed by atoms with E-state index in [4.69, 9.17) is 0 Å². The van der Waals surface area contributed by atoms with E-state index in [1.54, 1.807) is 0 Å². The summed E-state index contributed by atoms with van der Waals surface area (Å²) in [5.41, 5.74) is 6.04. The van der Waals surface area contributed by atoms with Crippen LogP contribution >= 0.6 is 0 Å². The molecule has 0 bridgehead atoms. The smallest absolute Gasteiger partial charge is 0.282 e. The molecule has 31 heavy (non-hydrogen) atoms. The molecule has 156 valence electrons. The van der Waals surface area contributed by atoms with Crippen molar-refractivity contribution >= 4 is 28.8 Å². The van der Waals surface area contributed by atoms with E-state index < -0.39 is 17.6 Å². The van der Waals surface area contributed by atoms with Crippen molar-refractivity contribution in [3.63, 3.8) is 0 Å². The van der Waals surface area contributed by atoms with Crippen molar-refractivity contribution in [2.45, 2.75) is 27.7 Å². The number of nitrogens with one attached hydrogen (secondary N) is 1. The molecule has 2 amide bonds. The van der Waals surface area contributed by atoms with Gasteiger partial charge in [-0.25, -0.2) is 9.29 Å². The Morgan fingerprint density at radius 1 is 0.742 bits per heavy atom. The van der Waals surface area contributed by atoms with Gasteiger partial charge in [0, 0.05) is 5.69 Å². The van der Waals surface area contributed by atoms with Crippen LogP contribution in [0.1, 0.15) is 27.8 Å². The van der Waals surface area contributed by atoms with E-state index in [1.807, 2.05) is 64.1 Å². The summed E-state index contributed by atoms with van der Waals surface area (Å²) >= 11 is 0. The number of carbonyl (C=O) groups excluding carboxylic acids is 2. The summed E-state index contributed by atoms with van der Waals surface area (Å²) in [6.07, 6.45) is 0. The highest BCUT2D eigenvalue weighted by Crippen LogP contribution is 2.35. The van der Waals surface area contributed by atoms with Crippen molar-refractivity contribution in [2.75, 3.05) is 10.2 Å². The molecule has 0 atom stereocenters. The van der Waals surface area contributed by atoms with Crippen LogP contribution in [-0.4, -0.2) is 11.8 Å². The number of amides is 2. The minimum absolute atomic E-state index is 0.185. The first-order valence-electron chi connectivity index (χ1n) is 10.1. The van der Waals surface area contributed by atoms with Crippen molar-refractivity contribution in [3.8, 4) is 0 Å². The molecule has 0 unspecified atom stereocenters. The van der Waals surface area contributed by atoms with Gasteiger partial charge >= 0.3 is 0 Å². The Bertz CT molecular complexity index is 1220. The molecular formula is C26H23FN2O2. The maximum Gasteiger partial charge on any atom is 0.282 e. The van der Waals surface area contributed by atoms with E-state index in [-0.39, 0.29) is 11.3 Å².